The van der Waals surface area contributed by atoms with E-state index in [-0.39, 0.29) is 11.3 Å². The smallest absolute Gasteiger partial charge is 0.253 e. The summed E-state index contributed by atoms with van der Waals surface area (Å²) in [6.07, 6.45) is 5.44. The van der Waals surface area contributed by atoms with Gasteiger partial charge in [0.05, 0.1) is 0 Å². The third kappa shape index (κ3) is 4.03. The fraction of sp³-hybridized carbons (Fsp3) is 0.667. The van der Waals surface area contributed by atoms with E-state index < -0.39 is 0 Å². The van der Waals surface area contributed by atoms with E-state index >= 15 is 0 Å². The zero-order chi connectivity index (χ0) is 13.1. The summed E-state index contributed by atoms with van der Waals surface area (Å²) in [6, 6.07) is 0. The minimum atomic E-state index is 0.102. The number of piperidine rings is 1. The third-order valence-corrected chi connectivity index (χ3v) is 3.49. The normalized spacial score (nSPS) is 18.1. The SMILES string of the molecule is C=C(/C=C(\C)C(C)(C)C)C(=O)N1CCCCC1. The zero-order valence-corrected chi connectivity index (χ0v) is 11.7. The van der Waals surface area contributed by atoms with Crippen molar-refractivity contribution in [1.29, 1.82) is 0 Å². The maximum Gasteiger partial charge on any atom is 0.253 e. The Morgan fingerprint density at radius 1 is 1.18 bits per heavy atom. The van der Waals surface area contributed by atoms with Gasteiger partial charge in [-0.15, -0.1) is 0 Å². The van der Waals surface area contributed by atoms with E-state index in [1.807, 2.05) is 11.0 Å². The van der Waals surface area contributed by atoms with Gasteiger partial charge in [-0.1, -0.05) is 39.0 Å². The molecule has 0 aromatic rings. The maximum atomic E-state index is 12.1. The molecule has 1 amide bonds. The van der Waals surface area contributed by atoms with E-state index in [2.05, 4.69) is 34.3 Å². The molecule has 1 fully saturated rings. The zero-order valence-electron chi connectivity index (χ0n) is 11.7. The van der Waals surface area contributed by atoms with Crippen molar-refractivity contribution in [3.63, 3.8) is 0 Å². The average Bonchev–Trinajstić information content (AvgIpc) is 2.27. The van der Waals surface area contributed by atoms with Crippen molar-refractivity contribution >= 4 is 5.91 Å². The molecular weight excluding hydrogens is 210 g/mol. The van der Waals surface area contributed by atoms with Crippen molar-refractivity contribution in [3.8, 4) is 0 Å². The Balaban J connectivity index is 2.67. The van der Waals surface area contributed by atoms with Crippen LogP contribution in [0.15, 0.2) is 23.8 Å². The van der Waals surface area contributed by atoms with Gasteiger partial charge >= 0.3 is 0 Å². The Morgan fingerprint density at radius 2 is 1.71 bits per heavy atom. The van der Waals surface area contributed by atoms with Gasteiger partial charge in [0.2, 0.25) is 0 Å². The van der Waals surface area contributed by atoms with Gasteiger partial charge in [-0.3, -0.25) is 4.79 Å². The number of rotatable bonds is 2. The molecule has 0 aromatic carbocycles. The van der Waals surface area contributed by atoms with Crippen molar-refractivity contribution in [2.24, 2.45) is 5.41 Å². The van der Waals surface area contributed by atoms with E-state index in [0.29, 0.717) is 5.57 Å². The lowest BCUT2D eigenvalue weighted by Gasteiger charge is -2.27. The quantitative estimate of drug-likeness (QED) is 0.529. The van der Waals surface area contributed by atoms with Crippen molar-refractivity contribution in [2.45, 2.75) is 47.0 Å². The third-order valence-electron chi connectivity index (χ3n) is 3.49. The highest BCUT2D eigenvalue weighted by atomic mass is 16.2. The molecule has 1 aliphatic rings. The Kier molecular flexibility index (Phi) is 4.55. The van der Waals surface area contributed by atoms with Gasteiger partial charge in [0.15, 0.2) is 0 Å². The minimum absolute atomic E-state index is 0.102. The molecule has 0 bridgehead atoms. The first-order chi connectivity index (χ1) is 7.82. The number of hydrogen-bond donors (Lipinski definition) is 0. The lowest BCUT2D eigenvalue weighted by Crippen LogP contribution is -2.36. The molecule has 17 heavy (non-hydrogen) atoms. The number of nitrogens with zero attached hydrogens (tertiary/aromatic N) is 1. The second kappa shape index (κ2) is 5.52. The van der Waals surface area contributed by atoms with Gasteiger partial charge in [-0.2, -0.15) is 0 Å². The van der Waals surface area contributed by atoms with E-state index in [1.165, 1.54) is 12.0 Å². The average molecular weight is 235 g/mol. The van der Waals surface area contributed by atoms with E-state index in [1.54, 1.807) is 0 Å². The predicted molar refractivity (Wildman–Crippen MR) is 72.8 cm³/mol. The molecular formula is C15H25NO. The maximum absolute atomic E-state index is 12.1. The molecule has 96 valence electrons. The van der Waals surface area contributed by atoms with Crippen LogP contribution in [0.3, 0.4) is 0 Å². The molecule has 0 radical (unpaired) electrons. The van der Waals surface area contributed by atoms with E-state index in [9.17, 15) is 4.79 Å². The topological polar surface area (TPSA) is 20.3 Å². The Hall–Kier alpha value is -1.05. The molecule has 1 rings (SSSR count). The number of likely N-dealkylation sites (tertiary alicyclic amines) is 1. The Morgan fingerprint density at radius 3 is 2.18 bits per heavy atom. The first-order valence-electron chi connectivity index (χ1n) is 6.49. The Labute approximate surface area is 105 Å². The van der Waals surface area contributed by atoms with Crippen LogP contribution < -0.4 is 0 Å². The standard InChI is InChI=1S/C15H25NO/c1-12(11-13(2)15(3,4)5)14(17)16-9-7-6-8-10-16/h11H,1,6-10H2,2-5H3/b13-11+. The largest absolute Gasteiger partial charge is 0.339 e. The molecule has 1 saturated heterocycles. The van der Waals surface area contributed by atoms with Crippen LogP contribution in [0.4, 0.5) is 0 Å². The molecule has 2 heteroatoms. The summed E-state index contributed by atoms with van der Waals surface area (Å²) in [6.45, 7) is 14.2. The molecule has 2 nitrogen and oxygen atoms in total. The molecule has 0 spiro atoms. The predicted octanol–water partition coefficient (Wildman–Crippen LogP) is 3.55. The Bertz CT molecular complexity index is 327. The van der Waals surface area contributed by atoms with Crippen LogP contribution in [0, 0.1) is 5.41 Å². The number of hydrogen-bond acceptors (Lipinski definition) is 1. The molecule has 0 aromatic heterocycles. The number of allylic oxidation sites excluding steroid dienone is 1. The fourth-order valence-electron chi connectivity index (χ4n) is 1.84. The van der Waals surface area contributed by atoms with Crippen molar-refractivity contribution in [1.82, 2.24) is 4.90 Å². The van der Waals surface area contributed by atoms with Crippen molar-refractivity contribution in [2.75, 3.05) is 13.1 Å². The first kappa shape index (κ1) is 14.0. The molecule has 0 N–H and O–H groups in total. The first-order valence-corrected chi connectivity index (χ1v) is 6.49. The monoisotopic (exact) mass is 235 g/mol. The lowest BCUT2D eigenvalue weighted by atomic mass is 9.86. The van der Waals surface area contributed by atoms with Crippen LogP contribution >= 0.6 is 0 Å². The highest BCUT2D eigenvalue weighted by molar-refractivity contribution is 5.95. The highest BCUT2D eigenvalue weighted by Crippen LogP contribution is 2.25. The number of carbonyl (C=O) groups is 1. The van der Waals surface area contributed by atoms with E-state index in [4.69, 9.17) is 0 Å². The van der Waals surface area contributed by atoms with Crippen LogP contribution in [0.1, 0.15) is 47.0 Å². The van der Waals surface area contributed by atoms with Crippen LogP contribution in [0.5, 0.6) is 0 Å². The van der Waals surface area contributed by atoms with Crippen LogP contribution in [0.25, 0.3) is 0 Å². The second-order valence-corrected chi connectivity index (χ2v) is 5.96. The summed E-state index contributed by atoms with van der Waals surface area (Å²) in [5, 5.41) is 0. The summed E-state index contributed by atoms with van der Waals surface area (Å²) >= 11 is 0. The summed E-state index contributed by atoms with van der Waals surface area (Å²) in [5.74, 6) is 0.105. The summed E-state index contributed by atoms with van der Waals surface area (Å²) < 4.78 is 0. The lowest BCUT2D eigenvalue weighted by molar-refractivity contribution is -0.127. The molecule has 0 aliphatic carbocycles. The molecule has 0 unspecified atom stereocenters. The fourth-order valence-corrected chi connectivity index (χ4v) is 1.84. The summed E-state index contributed by atoms with van der Waals surface area (Å²) in [5.41, 5.74) is 1.93. The van der Waals surface area contributed by atoms with Crippen LogP contribution in [-0.4, -0.2) is 23.9 Å². The molecule has 1 aliphatic heterocycles. The molecule has 1 heterocycles. The minimum Gasteiger partial charge on any atom is -0.339 e. The summed E-state index contributed by atoms with van der Waals surface area (Å²) in [4.78, 5) is 14.1. The van der Waals surface area contributed by atoms with E-state index in [0.717, 1.165) is 25.9 Å². The van der Waals surface area contributed by atoms with Crippen molar-refractivity contribution in [3.05, 3.63) is 23.8 Å². The van der Waals surface area contributed by atoms with Gasteiger partial charge in [-0.05, 0) is 31.6 Å². The van der Waals surface area contributed by atoms with Gasteiger partial charge in [-0.25, -0.2) is 0 Å². The molecule has 0 saturated carbocycles. The van der Waals surface area contributed by atoms with Gasteiger partial charge in [0.25, 0.3) is 5.91 Å². The van der Waals surface area contributed by atoms with Gasteiger partial charge in [0.1, 0.15) is 0 Å². The molecule has 0 atom stereocenters. The van der Waals surface area contributed by atoms with Gasteiger partial charge in [0, 0.05) is 18.7 Å². The van der Waals surface area contributed by atoms with Crippen LogP contribution in [-0.2, 0) is 4.79 Å². The van der Waals surface area contributed by atoms with Gasteiger partial charge < -0.3 is 4.90 Å². The van der Waals surface area contributed by atoms with Crippen molar-refractivity contribution < 1.29 is 4.79 Å². The number of carbonyl (C=O) groups excluding carboxylic acids is 1. The number of amides is 1. The second-order valence-electron chi connectivity index (χ2n) is 5.96. The summed E-state index contributed by atoms with van der Waals surface area (Å²) in [7, 11) is 0. The highest BCUT2D eigenvalue weighted by Gasteiger charge is 2.19. The van der Waals surface area contributed by atoms with Crippen LogP contribution in [0.2, 0.25) is 0 Å².